The van der Waals surface area contributed by atoms with Gasteiger partial charge in [0.15, 0.2) is 0 Å². The molecule has 20 heavy (non-hydrogen) atoms. The topological polar surface area (TPSA) is 41.5 Å². The summed E-state index contributed by atoms with van der Waals surface area (Å²) < 4.78 is 0. The largest absolute Gasteiger partial charge is 0.281 e. The van der Waals surface area contributed by atoms with Crippen LogP contribution < -0.4 is 5.43 Å². The summed E-state index contributed by atoms with van der Waals surface area (Å²) >= 11 is 1.40. The molecule has 1 amide bonds. The molecule has 104 valence electrons. The van der Waals surface area contributed by atoms with Crippen LogP contribution in [0.25, 0.3) is 0 Å². The highest BCUT2D eigenvalue weighted by molar-refractivity contribution is 7.12. The SMILES string of the molecule is C/C(=N/NC(=O)c1cccs1)c1ccc(C(C)C)cc1. The summed E-state index contributed by atoms with van der Waals surface area (Å²) in [7, 11) is 0. The Bertz CT molecular complexity index is 598. The van der Waals surface area contributed by atoms with Gasteiger partial charge in [0.05, 0.1) is 10.6 Å². The fraction of sp³-hybridized carbons (Fsp3) is 0.250. The van der Waals surface area contributed by atoms with Gasteiger partial charge in [0.2, 0.25) is 0 Å². The summed E-state index contributed by atoms with van der Waals surface area (Å²) in [6.45, 7) is 6.22. The van der Waals surface area contributed by atoms with Crippen molar-refractivity contribution >= 4 is 23.0 Å². The van der Waals surface area contributed by atoms with Crippen LogP contribution in [-0.4, -0.2) is 11.6 Å². The highest BCUT2D eigenvalue weighted by Crippen LogP contribution is 2.15. The van der Waals surface area contributed by atoms with Gasteiger partial charge in [-0.15, -0.1) is 11.3 Å². The van der Waals surface area contributed by atoms with Gasteiger partial charge < -0.3 is 0 Å². The second kappa shape index (κ2) is 6.48. The van der Waals surface area contributed by atoms with Crippen LogP contribution in [0.2, 0.25) is 0 Å². The molecule has 0 bridgehead atoms. The van der Waals surface area contributed by atoms with E-state index in [1.54, 1.807) is 6.07 Å². The maximum Gasteiger partial charge on any atom is 0.281 e. The van der Waals surface area contributed by atoms with Crippen molar-refractivity contribution in [3.8, 4) is 0 Å². The number of nitrogens with one attached hydrogen (secondary N) is 1. The molecule has 2 aromatic rings. The summed E-state index contributed by atoms with van der Waals surface area (Å²) in [6.07, 6.45) is 0. The van der Waals surface area contributed by atoms with Crippen molar-refractivity contribution in [3.05, 3.63) is 57.8 Å². The van der Waals surface area contributed by atoms with Gasteiger partial charge in [0.25, 0.3) is 5.91 Å². The van der Waals surface area contributed by atoms with Crippen molar-refractivity contribution in [2.24, 2.45) is 5.10 Å². The zero-order valence-corrected chi connectivity index (χ0v) is 12.7. The molecular weight excluding hydrogens is 268 g/mol. The molecule has 0 spiro atoms. The van der Waals surface area contributed by atoms with E-state index in [1.165, 1.54) is 16.9 Å². The van der Waals surface area contributed by atoms with Crippen LogP contribution in [-0.2, 0) is 0 Å². The molecule has 0 unspecified atom stereocenters. The molecule has 0 aliphatic rings. The summed E-state index contributed by atoms with van der Waals surface area (Å²) in [6, 6.07) is 11.9. The number of hydrogen-bond donors (Lipinski definition) is 1. The molecule has 4 heteroatoms. The Balaban J connectivity index is 2.05. The van der Waals surface area contributed by atoms with Gasteiger partial charge in [-0.2, -0.15) is 5.10 Å². The Hall–Kier alpha value is -1.94. The third-order valence-electron chi connectivity index (χ3n) is 3.07. The number of carbonyl (C=O) groups excluding carboxylic acids is 1. The zero-order chi connectivity index (χ0) is 14.5. The highest BCUT2D eigenvalue weighted by atomic mass is 32.1. The Morgan fingerprint density at radius 3 is 2.45 bits per heavy atom. The van der Waals surface area contributed by atoms with Gasteiger partial charge in [0, 0.05) is 0 Å². The lowest BCUT2D eigenvalue weighted by Crippen LogP contribution is -2.18. The highest BCUT2D eigenvalue weighted by Gasteiger charge is 2.05. The lowest BCUT2D eigenvalue weighted by molar-refractivity contribution is 0.0959. The van der Waals surface area contributed by atoms with Crippen molar-refractivity contribution in [3.63, 3.8) is 0 Å². The van der Waals surface area contributed by atoms with E-state index in [0.29, 0.717) is 10.8 Å². The van der Waals surface area contributed by atoms with Crippen LogP contribution in [0, 0.1) is 0 Å². The molecule has 1 aromatic heterocycles. The molecule has 0 saturated heterocycles. The molecule has 0 saturated carbocycles. The van der Waals surface area contributed by atoms with Gasteiger partial charge in [-0.05, 0) is 35.4 Å². The minimum atomic E-state index is -0.168. The summed E-state index contributed by atoms with van der Waals surface area (Å²) in [5.74, 6) is 0.345. The number of nitrogens with zero attached hydrogens (tertiary/aromatic N) is 1. The van der Waals surface area contributed by atoms with E-state index in [2.05, 4.69) is 36.5 Å². The summed E-state index contributed by atoms with van der Waals surface area (Å²) in [5, 5.41) is 6.02. The fourth-order valence-corrected chi connectivity index (χ4v) is 2.38. The monoisotopic (exact) mass is 286 g/mol. The first-order valence-corrected chi connectivity index (χ1v) is 7.44. The zero-order valence-electron chi connectivity index (χ0n) is 11.9. The number of rotatable bonds is 4. The second-order valence-electron chi connectivity index (χ2n) is 4.89. The molecule has 2 rings (SSSR count). The number of hydrogen-bond acceptors (Lipinski definition) is 3. The predicted molar refractivity (Wildman–Crippen MR) is 84.5 cm³/mol. The summed E-state index contributed by atoms with van der Waals surface area (Å²) in [4.78, 5) is 12.4. The molecule has 0 radical (unpaired) electrons. The standard InChI is InChI=1S/C16H18N2OS/c1-11(2)13-6-8-14(9-7-13)12(3)17-18-16(19)15-5-4-10-20-15/h4-11H,1-3H3,(H,18,19)/b17-12-. The first-order chi connectivity index (χ1) is 9.58. The quantitative estimate of drug-likeness (QED) is 0.669. The molecule has 0 fully saturated rings. The van der Waals surface area contributed by atoms with Crippen molar-refractivity contribution in [1.82, 2.24) is 5.43 Å². The number of benzene rings is 1. The van der Waals surface area contributed by atoms with E-state index in [4.69, 9.17) is 0 Å². The van der Waals surface area contributed by atoms with Crippen molar-refractivity contribution in [1.29, 1.82) is 0 Å². The normalized spacial score (nSPS) is 11.7. The van der Waals surface area contributed by atoms with E-state index in [9.17, 15) is 4.79 Å². The number of amides is 1. The third kappa shape index (κ3) is 3.54. The maximum absolute atomic E-state index is 11.8. The number of thiophene rings is 1. The minimum Gasteiger partial charge on any atom is -0.266 e. The maximum atomic E-state index is 11.8. The van der Waals surface area contributed by atoms with Crippen molar-refractivity contribution in [2.45, 2.75) is 26.7 Å². The molecule has 3 nitrogen and oxygen atoms in total. The molecular formula is C16H18N2OS. The molecule has 0 aliphatic carbocycles. The van der Waals surface area contributed by atoms with Crippen LogP contribution >= 0.6 is 11.3 Å². The van der Waals surface area contributed by atoms with E-state index >= 15 is 0 Å². The molecule has 1 heterocycles. The predicted octanol–water partition coefficient (Wildman–Crippen LogP) is 4.03. The van der Waals surface area contributed by atoms with Gasteiger partial charge in [0.1, 0.15) is 0 Å². The Morgan fingerprint density at radius 1 is 1.20 bits per heavy atom. The minimum absolute atomic E-state index is 0.168. The van der Waals surface area contributed by atoms with Gasteiger partial charge in [-0.3, -0.25) is 4.79 Å². The Kier molecular flexibility index (Phi) is 4.69. The third-order valence-corrected chi connectivity index (χ3v) is 3.93. The average Bonchev–Trinajstić information content (AvgIpc) is 2.98. The molecule has 1 aromatic carbocycles. The van der Waals surface area contributed by atoms with Crippen LogP contribution in [0.1, 0.15) is 47.5 Å². The lowest BCUT2D eigenvalue weighted by atomic mass is 10.0. The smallest absolute Gasteiger partial charge is 0.266 e. The average molecular weight is 286 g/mol. The van der Waals surface area contributed by atoms with Crippen LogP contribution in [0.15, 0.2) is 46.9 Å². The molecule has 1 N–H and O–H groups in total. The lowest BCUT2D eigenvalue weighted by Gasteiger charge is -2.07. The van der Waals surface area contributed by atoms with Crippen molar-refractivity contribution < 1.29 is 4.79 Å². The van der Waals surface area contributed by atoms with Gasteiger partial charge in [-0.25, -0.2) is 5.43 Å². The molecule has 0 atom stereocenters. The Labute approximate surface area is 123 Å². The first-order valence-electron chi connectivity index (χ1n) is 6.56. The van der Waals surface area contributed by atoms with E-state index in [-0.39, 0.29) is 5.91 Å². The Morgan fingerprint density at radius 2 is 1.90 bits per heavy atom. The van der Waals surface area contributed by atoms with Crippen LogP contribution in [0.5, 0.6) is 0 Å². The van der Waals surface area contributed by atoms with E-state index in [0.717, 1.165) is 11.3 Å². The fourth-order valence-electron chi connectivity index (χ4n) is 1.77. The van der Waals surface area contributed by atoms with E-state index < -0.39 is 0 Å². The van der Waals surface area contributed by atoms with Gasteiger partial charge >= 0.3 is 0 Å². The van der Waals surface area contributed by atoms with Gasteiger partial charge in [-0.1, -0.05) is 44.2 Å². The first kappa shape index (κ1) is 14.5. The van der Waals surface area contributed by atoms with Crippen molar-refractivity contribution in [2.75, 3.05) is 0 Å². The van der Waals surface area contributed by atoms with E-state index in [1.807, 2.05) is 30.5 Å². The number of hydrazone groups is 1. The molecule has 0 aliphatic heterocycles. The second-order valence-corrected chi connectivity index (χ2v) is 5.84. The van der Waals surface area contributed by atoms with Crippen LogP contribution in [0.3, 0.4) is 0 Å². The van der Waals surface area contributed by atoms with Crippen LogP contribution in [0.4, 0.5) is 0 Å². The summed E-state index contributed by atoms with van der Waals surface area (Å²) in [5.41, 5.74) is 5.69. The number of carbonyl (C=O) groups is 1.